The highest BCUT2D eigenvalue weighted by molar-refractivity contribution is 7.92. The van der Waals surface area contributed by atoms with Crippen molar-refractivity contribution in [3.63, 3.8) is 0 Å². The van der Waals surface area contributed by atoms with Crippen LogP contribution in [-0.2, 0) is 16.0 Å². The van der Waals surface area contributed by atoms with E-state index in [1.54, 1.807) is 0 Å². The predicted octanol–water partition coefficient (Wildman–Crippen LogP) is 1.99. The van der Waals surface area contributed by atoms with Crippen molar-refractivity contribution in [3.05, 3.63) is 32.7 Å². The van der Waals surface area contributed by atoms with Gasteiger partial charge < -0.3 is 0 Å². The largest absolute Gasteiger partial charge is 0.502 e. The van der Waals surface area contributed by atoms with E-state index < -0.39 is 53.1 Å². The molecule has 0 aliphatic heterocycles. The molecule has 127 valence electrons. The van der Waals surface area contributed by atoms with Crippen LogP contribution < -0.4 is 5.84 Å². The van der Waals surface area contributed by atoms with Gasteiger partial charge in [0, 0.05) is 0 Å². The molecule has 0 atom stereocenters. The van der Waals surface area contributed by atoms with Gasteiger partial charge in [-0.15, -0.1) is 0 Å². The molecule has 8 nitrogen and oxygen atoms in total. The summed E-state index contributed by atoms with van der Waals surface area (Å²) in [6.45, 7) is 0. The Morgan fingerprint density at radius 2 is 1.61 bits per heavy atom. The van der Waals surface area contributed by atoms with Crippen LogP contribution in [0, 0.1) is 21.1 Å². The lowest BCUT2D eigenvalue weighted by molar-refractivity contribution is -0.476. The lowest BCUT2D eigenvalue weighted by atomic mass is 10.1. The second-order valence-electron chi connectivity index (χ2n) is 3.77. The van der Waals surface area contributed by atoms with Gasteiger partial charge in [-0.3, -0.25) is 10.1 Å². The number of halogens is 6. The normalized spacial score (nSPS) is 13.0. The molecule has 0 aliphatic carbocycles. The molecule has 1 radical (unpaired) electrons. The summed E-state index contributed by atoms with van der Waals surface area (Å²) in [5, 5.41) is 10.7. The molecule has 0 unspecified atom stereocenters. The summed E-state index contributed by atoms with van der Waals surface area (Å²) >= 11 is 0. The molecule has 1 aromatic rings. The first-order valence-corrected chi connectivity index (χ1v) is 6.44. The minimum absolute atomic E-state index is 0.166. The van der Waals surface area contributed by atoms with E-state index in [0.717, 1.165) is 6.07 Å². The third kappa shape index (κ3) is 3.33. The number of nitro groups is 1. The van der Waals surface area contributed by atoms with Gasteiger partial charge in [-0.05, 0) is 0 Å². The number of nitrogens with two attached hydrogens (primary N) is 1. The van der Waals surface area contributed by atoms with Gasteiger partial charge in [0.25, 0.3) is 15.5 Å². The first-order valence-electron chi connectivity index (χ1n) is 4.96. The van der Waals surface area contributed by atoms with Crippen molar-refractivity contribution in [2.24, 2.45) is 5.84 Å². The molecule has 0 fully saturated rings. The van der Waals surface area contributed by atoms with Crippen molar-refractivity contribution < 1.29 is 44.6 Å². The lowest BCUT2D eigenvalue weighted by Gasteiger charge is -2.14. The van der Waals surface area contributed by atoms with Crippen molar-refractivity contribution in [2.45, 2.75) is 16.6 Å². The van der Waals surface area contributed by atoms with Gasteiger partial charge >= 0.3 is 17.4 Å². The third-order valence-corrected chi connectivity index (χ3v) is 3.84. The number of sulfone groups is 1. The maximum atomic E-state index is 12.8. The highest BCUT2D eigenvalue weighted by atomic mass is 32.2. The number of benzene rings is 1. The summed E-state index contributed by atoms with van der Waals surface area (Å²) in [7, 11) is -6.76. The van der Waals surface area contributed by atoms with Crippen LogP contribution in [0.3, 0.4) is 0 Å². The standard InChI is InChI=1S/C8H3F6N3O5S/c9-7(10,11)4-1-3(16(15)18)2-5(17(19)20)6(4)23(21,22)8(12,13)14/h2H,(H2,15,18)/q+1. The highest BCUT2D eigenvalue weighted by Crippen LogP contribution is 2.44. The maximum Gasteiger partial charge on any atom is 0.502 e. The van der Waals surface area contributed by atoms with Crippen LogP contribution in [0.2, 0.25) is 0 Å². The van der Waals surface area contributed by atoms with E-state index in [-0.39, 0.29) is 6.07 Å². The summed E-state index contributed by atoms with van der Waals surface area (Å²) in [4.78, 5) is 16.1. The quantitative estimate of drug-likeness (QED) is 0.286. The zero-order valence-electron chi connectivity index (χ0n) is 10.3. The number of hydrogen-bond acceptors (Lipinski definition) is 5. The fourth-order valence-corrected chi connectivity index (χ4v) is 2.46. The molecular weight excluding hydrogens is 364 g/mol. The number of nitro benzene ring substituents is 1. The van der Waals surface area contributed by atoms with E-state index in [4.69, 9.17) is 0 Å². The summed E-state index contributed by atoms with van der Waals surface area (Å²) in [5.41, 5.74) is -12.4. The first kappa shape index (κ1) is 18.6. The Bertz CT molecular complexity index is 785. The Balaban J connectivity index is 4.09. The minimum atomic E-state index is -6.76. The lowest BCUT2D eigenvalue weighted by Crippen LogP contribution is -2.27. The van der Waals surface area contributed by atoms with Crippen LogP contribution in [0.25, 0.3) is 0 Å². The van der Waals surface area contributed by atoms with E-state index in [1.165, 1.54) is 0 Å². The van der Waals surface area contributed by atoms with Crippen molar-refractivity contribution in [3.8, 4) is 0 Å². The predicted molar refractivity (Wildman–Crippen MR) is 57.6 cm³/mol. The van der Waals surface area contributed by atoms with E-state index in [9.17, 15) is 49.8 Å². The van der Waals surface area contributed by atoms with Gasteiger partial charge in [-0.25, -0.2) is 8.42 Å². The molecule has 1 aromatic carbocycles. The van der Waals surface area contributed by atoms with Crippen LogP contribution in [0.15, 0.2) is 11.0 Å². The third-order valence-electron chi connectivity index (χ3n) is 2.28. The summed E-state index contributed by atoms with van der Waals surface area (Å²) in [6, 6.07) is 0.840. The minimum Gasteiger partial charge on any atom is -0.258 e. The van der Waals surface area contributed by atoms with Crippen LogP contribution in [0.1, 0.15) is 5.56 Å². The molecule has 0 saturated carbocycles. The molecule has 23 heavy (non-hydrogen) atoms. The molecule has 0 aromatic heterocycles. The maximum absolute atomic E-state index is 12.8. The second kappa shape index (κ2) is 5.32. The van der Waals surface area contributed by atoms with Gasteiger partial charge in [0.2, 0.25) is 0 Å². The molecule has 0 spiro atoms. The Morgan fingerprint density at radius 1 is 1.13 bits per heavy atom. The monoisotopic (exact) mass is 367 g/mol. The van der Waals surface area contributed by atoms with E-state index in [1.807, 2.05) is 0 Å². The van der Waals surface area contributed by atoms with Gasteiger partial charge in [0.15, 0.2) is 9.76 Å². The molecule has 0 heterocycles. The van der Waals surface area contributed by atoms with Crippen LogP contribution in [-0.4, -0.2) is 23.7 Å². The van der Waals surface area contributed by atoms with Crippen LogP contribution >= 0.6 is 0 Å². The van der Waals surface area contributed by atoms with Crippen molar-refractivity contribution in [2.75, 3.05) is 0 Å². The van der Waals surface area contributed by atoms with Crippen molar-refractivity contribution >= 4 is 21.2 Å². The molecule has 1 rings (SSSR count). The van der Waals surface area contributed by atoms with E-state index >= 15 is 0 Å². The molecule has 15 heteroatoms. The van der Waals surface area contributed by atoms with Gasteiger partial charge in [-0.1, -0.05) is 0 Å². The molecule has 0 amide bonds. The van der Waals surface area contributed by atoms with Crippen molar-refractivity contribution in [1.82, 2.24) is 0 Å². The second-order valence-corrected chi connectivity index (χ2v) is 5.65. The van der Waals surface area contributed by atoms with E-state index in [2.05, 4.69) is 5.84 Å². The zero-order chi connectivity index (χ0) is 18.4. The van der Waals surface area contributed by atoms with E-state index in [0.29, 0.717) is 0 Å². The molecule has 0 aliphatic rings. The average molecular weight is 367 g/mol. The zero-order valence-corrected chi connectivity index (χ0v) is 11.1. The molecule has 2 N–H and O–H groups in total. The smallest absolute Gasteiger partial charge is 0.258 e. The number of hydrogen-bond donors (Lipinski definition) is 1. The molecule has 0 bridgehead atoms. The van der Waals surface area contributed by atoms with Crippen LogP contribution in [0.5, 0.6) is 0 Å². The Kier molecular flexibility index (Phi) is 4.30. The Morgan fingerprint density at radius 3 is 1.91 bits per heavy atom. The summed E-state index contributed by atoms with van der Waals surface area (Å²) in [5.74, 6) is 4.52. The van der Waals surface area contributed by atoms with Gasteiger partial charge in [-0.2, -0.15) is 32.2 Å². The number of nitroso groups, excluding NO2 is 1. The average Bonchev–Trinajstić information content (AvgIpc) is 2.34. The summed E-state index contributed by atoms with van der Waals surface area (Å²) < 4.78 is 98.4. The van der Waals surface area contributed by atoms with Gasteiger partial charge in [0.1, 0.15) is 0 Å². The molecule has 0 saturated heterocycles. The number of rotatable bonds is 3. The molecular formula is C8H3F6N3O5S+. The Labute approximate surface area is 122 Å². The van der Waals surface area contributed by atoms with Crippen LogP contribution in [0.4, 0.5) is 37.7 Å². The number of nitrogens with zero attached hydrogens (tertiary/aromatic N) is 2. The SMILES string of the molecule is N[N+](=O)c1[c]c(C(F)(F)F)c(S(=O)(=O)C(F)(F)F)c([N+](=O)[O-])c1. The topological polar surface area (TPSA) is 123 Å². The number of hydrazine groups is 1. The fourth-order valence-electron chi connectivity index (χ4n) is 1.39. The fraction of sp³-hybridized carbons (Fsp3) is 0.250. The highest BCUT2D eigenvalue weighted by Gasteiger charge is 2.55. The Hall–Kier alpha value is -2.45. The van der Waals surface area contributed by atoms with Crippen molar-refractivity contribution in [1.29, 1.82) is 0 Å². The first-order chi connectivity index (χ1) is 10.1. The summed E-state index contributed by atoms with van der Waals surface area (Å²) in [6.07, 6.45) is -5.80. The van der Waals surface area contributed by atoms with Gasteiger partial charge in [0.05, 0.1) is 27.5 Å². The number of alkyl halides is 6.